The van der Waals surface area contributed by atoms with Crippen molar-refractivity contribution >= 4 is 34.6 Å². The Hall–Kier alpha value is -2.40. The molecule has 2 fully saturated rings. The highest BCUT2D eigenvalue weighted by atomic mass is 32.1. The first-order valence-electron chi connectivity index (χ1n) is 10.5. The molecule has 1 saturated heterocycles. The number of amides is 1. The molecule has 1 heterocycles. The Bertz CT molecular complexity index is 933. The van der Waals surface area contributed by atoms with Crippen molar-refractivity contribution in [3.8, 4) is 0 Å². The minimum atomic E-state index is -0.0902. The minimum absolute atomic E-state index is 0.0902. The van der Waals surface area contributed by atoms with Gasteiger partial charge in [-0.15, -0.1) is 0 Å². The highest BCUT2D eigenvalue weighted by molar-refractivity contribution is 7.80. The van der Waals surface area contributed by atoms with E-state index in [9.17, 15) is 4.79 Å². The molecule has 0 bridgehead atoms. The van der Waals surface area contributed by atoms with Crippen LogP contribution in [0.5, 0.6) is 0 Å². The Balaban J connectivity index is 1.49. The first-order valence-corrected chi connectivity index (χ1v) is 10.9. The van der Waals surface area contributed by atoms with E-state index >= 15 is 0 Å². The summed E-state index contributed by atoms with van der Waals surface area (Å²) in [4.78, 5) is 13.9. The second kappa shape index (κ2) is 8.15. The van der Waals surface area contributed by atoms with Gasteiger partial charge in [0, 0.05) is 24.3 Å². The quantitative estimate of drug-likeness (QED) is 0.685. The SMILES string of the molecule is Cc1cccc(C2(NC(=S)Nc3ccc(N4CCCC4=O)c(C)c3)CCCC2)c1. The lowest BCUT2D eigenvalue weighted by Gasteiger charge is -2.33. The van der Waals surface area contributed by atoms with Gasteiger partial charge in [0.05, 0.1) is 5.54 Å². The van der Waals surface area contributed by atoms with E-state index < -0.39 is 0 Å². The third-order valence-corrected chi connectivity index (χ3v) is 6.40. The van der Waals surface area contributed by atoms with Crippen molar-refractivity contribution in [2.75, 3.05) is 16.8 Å². The van der Waals surface area contributed by atoms with E-state index in [1.807, 2.05) is 24.0 Å². The van der Waals surface area contributed by atoms with Crippen LogP contribution in [0.25, 0.3) is 0 Å². The fourth-order valence-electron chi connectivity index (χ4n) is 4.73. The molecular formula is C24H29N3OS. The van der Waals surface area contributed by atoms with Gasteiger partial charge in [-0.25, -0.2) is 0 Å². The third kappa shape index (κ3) is 4.15. The summed E-state index contributed by atoms with van der Waals surface area (Å²) in [7, 11) is 0. The van der Waals surface area contributed by atoms with Gasteiger partial charge in [-0.1, -0.05) is 42.7 Å². The number of hydrogen-bond acceptors (Lipinski definition) is 2. The first kappa shape index (κ1) is 19.9. The van der Waals surface area contributed by atoms with E-state index in [4.69, 9.17) is 12.2 Å². The molecule has 2 N–H and O–H groups in total. The molecule has 0 aromatic heterocycles. The molecule has 2 aromatic rings. The van der Waals surface area contributed by atoms with Gasteiger partial charge in [-0.2, -0.15) is 0 Å². The fraction of sp³-hybridized carbons (Fsp3) is 0.417. The van der Waals surface area contributed by atoms with E-state index in [1.54, 1.807) is 0 Å². The van der Waals surface area contributed by atoms with Gasteiger partial charge in [0.2, 0.25) is 5.91 Å². The van der Waals surface area contributed by atoms with Crippen molar-refractivity contribution in [3.05, 3.63) is 59.2 Å². The van der Waals surface area contributed by atoms with E-state index in [1.165, 1.54) is 24.0 Å². The van der Waals surface area contributed by atoms with Crippen LogP contribution in [0.3, 0.4) is 0 Å². The summed E-state index contributed by atoms with van der Waals surface area (Å²) in [5, 5.41) is 7.65. The molecule has 0 radical (unpaired) electrons. The lowest BCUT2D eigenvalue weighted by Crippen LogP contribution is -2.45. The van der Waals surface area contributed by atoms with Gasteiger partial charge < -0.3 is 15.5 Å². The summed E-state index contributed by atoms with van der Waals surface area (Å²) >= 11 is 5.69. The van der Waals surface area contributed by atoms with Crippen molar-refractivity contribution in [1.29, 1.82) is 0 Å². The zero-order valence-electron chi connectivity index (χ0n) is 17.3. The van der Waals surface area contributed by atoms with Crippen LogP contribution in [-0.4, -0.2) is 17.6 Å². The molecule has 4 rings (SSSR count). The minimum Gasteiger partial charge on any atom is -0.353 e. The number of aryl methyl sites for hydroxylation is 2. The number of nitrogens with one attached hydrogen (secondary N) is 2. The van der Waals surface area contributed by atoms with Gasteiger partial charge in [0.15, 0.2) is 5.11 Å². The van der Waals surface area contributed by atoms with Crippen LogP contribution in [0.4, 0.5) is 11.4 Å². The molecule has 2 aliphatic rings. The monoisotopic (exact) mass is 407 g/mol. The van der Waals surface area contributed by atoms with E-state index in [0.717, 1.165) is 42.7 Å². The largest absolute Gasteiger partial charge is 0.353 e. The highest BCUT2D eigenvalue weighted by Crippen LogP contribution is 2.39. The maximum atomic E-state index is 12.1. The predicted molar refractivity (Wildman–Crippen MR) is 123 cm³/mol. The normalized spacial score (nSPS) is 18.1. The second-order valence-corrected chi connectivity index (χ2v) is 8.80. The van der Waals surface area contributed by atoms with Crippen LogP contribution in [0.15, 0.2) is 42.5 Å². The molecule has 1 saturated carbocycles. The Morgan fingerprint density at radius 3 is 2.52 bits per heavy atom. The number of hydrogen-bond donors (Lipinski definition) is 2. The summed E-state index contributed by atoms with van der Waals surface area (Å²) in [6.45, 7) is 5.00. The standard InChI is InChI=1S/C24H29N3OS/c1-17-7-5-8-19(15-17)24(12-3-4-13-24)26-23(29)25-20-10-11-21(18(2)16-20)27-14-6-9-22(27)28/h5,7-8,10-11,15-16H,3-4,6,9,12-14H2,1-2H3,(H2,25,26,29). The molecule has 1 amide bonds. The summed E-state index contributed by atoms with van der Waals surface area (Å²) < 4.78 is 0. The molecule has 1 aliphatic carbocycles. The topological polar surface area (TPSA) is 44.4 Å². The molecule has 0 atom stereocenters. The molecule has 4 nitrogen and oxygen atoms in total. The van der Waals surface area contributed by atoms with Crippen LogP contribution < -0.4 is 15.5 Å². The van der Waals surface area contributed by atoms with Gasteiger partial charge in [0.25, 0.3) is 0 Å². The fourth-order valence-corrected chi connectivity index (χ4v) is 5.04. The van der Waals surface area contributed by atoms with Gasteiger partial charge in [0.1, 0.15) is 0 Å². The molecule has 1 aliphatic heterocycles. The van der Waals surface area contributed by atoms with Crippen molar-refractivity contribution in [3.63, 3.8) is 0 Å². The van der Waals surface area contributed by atoms with Gasteiger partial charge in [-0.3, -0.25) is 4.79 Å². The number of anilines is 2. The molecule has 29 heavy (non-hydrogen) atoms. The number of nitrogens with zero attached hydrogens (tertiary/aromatic N) is 1. The Labute approximate surface area is 178 Å². The zero-order valence-corrected chi connectivity index (χ0v) is 18.1. The molecule has 2 aromatic carbocycles. The van der Waals surface area contributed by atoms with Crippen LogP contribution in [-0.2, 0) is 10.3 Å². The Morgan fingerprint density at radius 2 is 1.86 bits per heavy atom. The number of carbonyl (C=O) groups excluding carboxylic acids is 1. The Kier molecular flexibility index (Phi) is 5.59. The van der Waals surface area contributed by atoms with Crippen LogP contribution in [0.1, 0.15) is 55.2 Å². The van der Waals surface area contributed by atoms with E-state index in [2.05, 4.69) is 47.9 Å². The zero-order chi connectivity index (χ0) is 20.4. The lowest BCUT2D eigenvalue weighted by molar-refractivity contribution is -0.117. The lowest BCUT2D eigenvalue weighted by atomic mass is 9.87. The molecule has 5 heteroatoms. The van der Waals surface area contributed by atoms with Crippen molar-refractivity contribution in [2.45, 2.75) is 57.9 Å². The maximum absolute atomic E-state index is 12.1. The van der Waals surface area contributed by atoms with Crippen LogP contribution in [0.2, 0.25) is 0 Å². The third-order valence-electron chi connectivity index (χ3n) is 6.20. The van der Waals surface area contributed by atoms with Crippen molar-refractivity contribution in [1.82, 2.24) is 5.32 Å². The summed E-state index contributed by atoms with van der Waals surface area (Å²) in [6.07, 6.45) is 6.19. The highest BCUT2D eigenvalue weighted by Gasteiger charge is 2.36. The smallest absolute Gasteiger partial charge is 0.227 e. The van der Waals surface area contributed by atoms with Crippen LogP contribution in [0, 0.1) is 13.8 Å². The van der Waals surface area contributed by atoms with Crippen molar-refractivity contribution in [2.24, 2.45) is 0 Å². The van der Waals surface area contributed by atoms with Crippen LogP contribution >= 0.6 is 12.2 Å². The van der Waals surface area contributed by atoms with Crippen molar-refractivity contribution < 1.29 is 4.79 Å². The molecular weight excluding hydrogens is 378 g/mol. The summed E-state index contributed by atoms with van der Waals surface area (Å²) in [5.74, 6) is 0.215. The summed E-state index contributed by atoms with van der Waals surface area (Å²) in [5.41, 5.74) is 5.54. The van der Waals surface area contributed by atoms with E-state index in [-0.39, 0.29) is 11.4 Å². The number of rotatable bonds is 4. The second-order valence-electron chi connectivity index (χ2n) is 8.39. The average Bonchev–Trinajstić information content (AvgIpc) is 3.32. The number of benzene rings is 2. The molecule has 0 unspecified atom stereocenters. The van der Waals surface area contributed by atoms with E-state index in [0.29, 0.717) is 11.5 Å². The first-order chi connectivity index (χ1) is 14.0. The van der Waals surface area contributed by atoms with Gasteiger partial charge >= 0.3 is 0 Å². The molecule has 0 spiro atoms. The number of carbonyl (C=O) groups is 1. The van der Waals surface area contributed by atoms with Gasteiger partial charge in [-0.05, 0) is 74.7 Å². The number of thiocarbonyl (C=S) groups is 1. The molecule has 152 valence electrons. The average molecular weight is 408 g/mol. The predicted octanol–water partition coefficient (Wildman–Crippen LogP) is 5.19. The summed E-state index contributed by atoms with van der Waals surface area (Å²) in [6, 6.07) is 14.9. The maximum Gasteiger partial charge on any atom is 0.227 e. The Morgan fingerprint density at radius 1 is 1.07 bits per heavy atom.